The molecule has 144 valence electrons. The van der Waals surface area contributed by atoms with Gasteiger partial charge in [-0.15, -0.1) is 11.3 Å². The smallest absolute Gasteiger partial charge is 0.246 e. The maximum absolute atomic E-state index is 12.2. The van der Waals surface area contributed by atoms with E-state index in [0.29, 0.717) is 5.75 Å². The molecular formula is C21H21N3O3S. The van der Waals surface area contributed by atoms with Gasteiger partial charge in [-0.1, -0.05) is 30.3 Å². The summed E-state index contributed by atoms with van der Waals surface area (Å²) in [6.07, 6.45) is 1.72. The number of hydrazone groups is 1. The highest BCUT2D eigenvalue weighted by atomic mass is 32.1. The molecule has 0 bridgehead atoms. The summed E-state index contributed by atoms with van der Waals surface area (Å²) in [7, 11) is 3.20. The van der Waals surface area contributed by atoms with Gasteiger partial charge in [-0.25, -0.2) is 10.4 Å². The Bertz CT molecular complexity index is 984. The zero-order chi connectivity index (χ0) is 19.9. The molecule has 1 heterocycles. The molecule has 0 unspecified atom stereocenters. The van der Waals surface area contributed by atoms with Crippen LogP contribution in [-0.2, 0) is 11.2 Å². The Morgan fingerprint density at radius 1 is 1.18 bits per heavy atom. The van der Waals surface area contributed by atoms with Crippen LogP contribution in [0.2, 0.25) is 0 Å². The van der Waals surface area contributed by atoms with Crippen LogP contribution < -0.4 is 14.9 Å². The maximum Gasteiger partial charge on any atom is 0.246 e. The van der Waals surface area contributed by atoms with E-state index in [0.717, 1.165) is 33.1 Å². The number of methoxy groups -OCH3 is 2. The van der Waals surface area contributed by atoms with Crippen LogP contribution in [0.3, 0.4) is 0 Å². The van der Waals surface area contributed by atoms with Gasteiger partial charge < -0.3 is 9.47 Å². The molecule has 0 aliphatic carbocycles. The number of benzene rings is 2. The van der Waals surface area contributed by atoms with Crippen molar-refractivity contribution in [2.45, 2.75) is 13.3 Å². The van der Waals surface area contributed by atoms with E-state index < -0.39 is 0 Å². The third kappa shape index (κ3) is 4.55. The average Bonchev–Trinajstić information content (AvgIpc) is 3.17. The van der Waals surface area contributed by atoms with E-state index in [9.17, 15) is 4.79 Å². The first-order chi connectivity index (χ1) is 13.6. The molecule has 0 saturated heterocycles. The molecule has 1 N–H and O–H groups in total. The van der Waals surface area contributed by atoms with Gasteiger partial charge in [0.2, 0.25) is 5.91 Å². The highest BCUT2D eigenvalue weighted by molar-refractivity contribution is 7.13. The number of ether oxygens (including phenoxy) is 2. The number of aromatic nitrogens is 1. The summed E-state index contributed by atoms with van der Waals surface area (Å²) in [4.78, 5) is 16.7. The lowest BCUT2D eigenvalue weighted by Gasteiger charge is -2.11. The van der Waals surface area contributed by atoms with E-state index in [1.165, 1.54) is 11.3 Å². The maximum atomic E-state index is 12.2. The highest BCUT2D eigenvalue weighted by Gasteiger charge is 2.11. The minimum Gasteiger partial charge on any atom is -0.496 e. The second kappa shape index (κ2) is 9.14. The fourth-order valence-electron chi connectivity index (χ4n) is 2.77. The van der Waals surface area contributed by atoms with E-state index in [4.69, 9.17) is 9.47 Å². The molecule has 0 fully saturated rings. The molecule has 0 saturated carbocycles. The van der Waals surface area contributed by atoms with E-state index >= 15 is 0 Å². The summed E-state index contributed by atoms with van der Waals surface area (Å²) in [6, 6.07) is 13.5. The zero-order valence-electron chi connectivity index (χ0n) is 15.9. The standard InChI is InChI=1S/C21H21N3O3S/c1-14-18(26-2)10-9-16(20(14)27-3)12-22-24-19(25)11-17-13-28-21(23-17)15-7-5-4-6-8-15/h4-10,12-13H,11H2,1-3H3,(H,24,25). The van der Waals surface area contributed by atoms with Gasteiger partial charge in [-0.3, -0.25) is 4.79 Å². The quantitative estimate of drug-likeness (QED) is 0.487. The third-order valence-corrected chi connectivity index (χ3v) is 5.06. The van der Waals surface area contributed by atoms with Crippen LogP contribution in [-0.4, -0.2) is 31.3 Å². The van der Waals surface area contributed by atoms with Crippen LogP contribution in [0.4, 0.5) is 0 Å². The number of nitrogens with zero attached hydrogens (tertiary/aromatic N) is 2. The largest absolute Gasteiger partial charge is 0.496 e. The van der Waals surface area contributed by atoms with Crippen molar-refractivity contribution in [3.8, 4) is 22.1 Å². The first-order valence-corrected chi connectivity index (χ1v) is 9.53. The van der Waals surface area contributed by atoms with Crippen molar-refractivity contribution in [1.82, 2.24) is 10.4 Å². The number of hydrogen-bond donors (Lipinski definition) is 1. The third-order valence-electron chi connectivity index (χ3n) is 4.12. The predicted octanol–water partition coefficient (Wildman–Crippen LogP) is 3.83. The van der Waals surface area contributed by atoms with Crippen LogP contribution >= 0.6 is 11.3 Å². The van der Waals surface area contributed by atoms with Gasteiger partial charge in [0.15, 0.2) is 0 Å². The molecule has 2 aromatic carbocycles. The Morgan fingerprint density at radius 3 is 2.68 bits per heavy atom. The SMILES string of the molecule is COc1ccc(C=NNC(=O)Cc2csc(-c3ccccc3)n2)c(OC)c1C. The van der Waals surface area contributed by atoms with Gasteiger partial charge in [-0.2, -0.15) is 5.10 Å². The Hall–Kier alpha value is -3.19. The molecule has 0 atom stereocenters. The topological polar surface area (TPSA) is 72.8 Å². The van der Waals surface area contributed by atoms with Crippen molar-refractivity contribution in [1.29, 1.82) is 0 Å². The lowest BCUT2D eigenvalue weighted by atomic mass is 10.1. The lowest BCUT2D eigenvalue weighted by molar-refractivity contribution is -0.120. The number of thiazole rings is 1. The number of carbonyl (C=O) groups excluding carboxylic acids is 1. The molecule has 6 nitrogen and oxygen atoms in total. The molecule has 7 heteroatoms. The monoisotopic (exact) mass is 395 g/mol. The first-order valence-electron chi connectivity index (χ1n) is 8.65. The summed E-state index contributed by atoms with van der Waals surface area (Å²) >= 11 is 1.52. The molecule has 0 aliphatic heterocycles. The van der Waals surface area contributed by atoms with Gasteiger partial charge in [0.05, 0.1) is 32.5 Å². The van der Waals surface area contributed by atoms with Crippen LogP contribution in [0.1, 0.15) is 16.8 Å². The Labute approximate surface area is 167 Å². The summed E-state index contributed by atoms with van der Waals surface area (Å²) in [5, 5.41) is 6.82. The average molecular weight is 395 g/mol. The van der Waals surface area contributed by atoms with Gasteiger partial charge >= 0.3 is 0 Å². The number of hydrogen-bond acceptors (Lipinski definition) is 6. The van der Waals surface area contributed by atoms with Crippen molar-refractivity contribution in [3.63, 3.8) is 0 Å². The summed E-state index contributed by atoms with van der Waals surface area (Å²) in [6.45, 7) is 1.90. The summed E-state index contributed by atoms with van der Waals surface area (Å²) < 4.78 is 10.7. The molecule has 1 amide bonds. The molecular weight excluding hydrogens is 374 g/mol. The Kier molecular flexibility index (Phi) is 6.39. The molecule has 0 radical (unpaired) electrons. The van der Waals surface area contributed by atoms with E-state index in [2.05, 4.69) is 15.5 Å². The van der Waals surface area contributed by atoms with Gasteiger partial charge in [0.1, 0.15) is 16.5 Å². The summed E-state index contributed by atoms with van der Waals surface area (Å²) in [5.41, 5.74) is 5.92. The van der Waals surface area contributed by atoms with E-state index in [1.807, 2.05) is 54.8 Å². The van der Waals surface area contributed by atoms with Crippen LogP contribution in [0.25, 0.3) is 10.6 Å². The van der Waals surface area contributed by atoms with Crippen LogP contribution in [0.5, 0.6) is 11.5 Å². The van der Waals surface area contributed by atoms with Crippen LogP contribution in [0.15, 0.2) is 52.9 Å². The number of carbonyl (C=O) groups is 1. The first kappa shape index (κ1) is 19.6. The van der Waals surface area contributed by atoms with Gasteiger partial charge in [0, 0.05) is 22.1 Å². The molecule has 1 aromatic heterocycles. The van der Waals surface area contributed by atoms with Crippen molar-refractivity contribution >= 4 is 23.5 Å². The minimum absolute atomic E-state index is 0.166. The van der Waals surface area contributed by atoms with Crippen LogP contribution in [0, 0.1) is 6.92 Å². The van der Waals surface area contributed by atoms with E-state index in [-0.39, 0.29) is 12.3 Å². The fourth-order valence-corrected chi connectivity index (χ4v) is 3.59. The molecule has 0 spiro atoms. The van der Waals surface area contributed by atoms with Gasteiger partial charge in [0.25, 0.3) is 0 Å². The van der Waals surface area contributed by atoms with Crippen molar-refractivity contribution < 1.29 is 14.3 Å². The minimum atomic E-state index is -0.231. The van der Waals surface area contributed by atoms with Crippen molar-refractivity contribution in [3.05, 3.63) is 64.7 Å². The Balaban J connectivity index is 1.62. The molecule has 3 aromatic rings. The summed E-state index contributed by atoms with van der Waals surface area (Å²) in [5.74, 6) is 1.16. The highest BCUT2D eigenvalue weighted by Crippen LogP contribution is 2.30. The fraction of sp³-hybridized carbons (Fsp3) is 0.190. The number of rotatable bonds is 7. The van der Waals surface area contributed by atoms with Gasteiger partial charge in [-0.05, 0) is 19.1 Å². The zero-order valence-corrected chi connectivity index (χ0v) is 16.7. The number of amides is 1. The van der Waals surface area contributed by atoms with E-state index in [1.54, 1.807) is 20.4 Å². The lowest BCUT2D eigenvalue weighted by Crippen LogP contribution is -2.20. The predicted molar refractivity (Wildman–Crippen MR) is 111 cm³/mol. The molecule has 3 rings (SSSR count). The van der Waals surface area contributed by atoms with Crippen molar-refractivity contribution in [2.75, 3.05) is 14.2 Å². The molecule has 0 aliphatic rings. The second-order valence-corrected chi connectivity index (χ2v) is 6.85. The Morgan fingerprint density at radius 2 is 1.96 bits per heavy atom. The molecule has 28 heavy (non-hydrogen) atoms. The normalized spacial score (nSPS) is 10.8. The van der Waals surface area contributed by atoms with Crippen molar-refractivity contribution in [2.24, 2.45) is 5.10 Å². The second-order valence-electron chi connectivity index (χ2n) is 6.00. The number of nitrogens with one attached hydrogen (secondary N) is 1.